The maximum absolute atomic E-state index is 6.33. The Kier molecular flexibility index (Phi) is 4.00. The lowest BCUT2D eigenvalue weighted by atomic mass is 9.62. The van der Waals surface area contributed by atoms with Gasteiger partial charge in [-0.1, -0.05) is 32.6 Å². The molecule has 0 bridgehead atoms. The molecule has 5 atom stereocenters. The minimum atomic E-state index is 0.460. The molecule has 2 saturated carbocycles. The van der Waals surface area contributed by atoms with E-state index in [4.69, 9.17) is 18.4 Å². The summed E-state index contributed by atoms with van der Waals surface area (Å²) >= 11 is 4.72. The molecule has 0 aromatic heterocycles. The number of hydrogen-bond donors (Lipinski definition) is 2. The van der Waals surface area contributed by atoms with Crippen molar-refractivity contribution in [2.75, 3.05) is 0 Å². The fourth-order valence-electron chi connectivity index (χ4n) is 3.66. The van der Waals surface area contributed by atoms with Crippen LogP contribution in [0.2, 0.25) is 0 Å². The van der Waals surface area contributed by atoms with Crippen LogP contribution in [-0.2, 0) is 0 Å². The molecule has 4 unspecified atom stereocenters. The largest absolute Gasteiger partial charge is 0.327 e. The summed E-state index contributed by atoms with van der Waals surface area (Å²) in [6.07, 6.45) is 9.39. The van der Waals surface area contributed by atoms with E-state index in [1.807, 2.05) is 0 Å². The Bertz CT molecular complexity index is 207. The molecule has 0 aromatic rings. The van der Waals surface area contributed by atoms with Gasteiger partial charge in [-0.05, 0) is 37.0 Å². The van der Waals surface area contributed by atoms with Gasteiger partial charge in [0.05, 0.1) is 0 Å². The first kappa shape index (κ1) is 11.8. The lowest BCUT2D eigenvalue weighted by Gasteiger charge is -2.48. The molecule has 0 radical (unpaired) electrons. The zero-order chi connectivity index (χ0) is 10.8. The second kappa shape index (κ2) is 5.09. The van der Waals surface area contributed by atoms with Gasteiger partial charge in [0, 0.05) is 11.3 Å². The van der Waals surface area contributed by atoms with Crippen LogP contribution >= 0.6 is 12.6 Å². The van der Waals surface area contributed by atoms with E-state index in [2.05, 4.69) is 6.92 Å². The lowest BCUT2D eigenvalue weighted by Crippen LogP contribution is -2.48. The van der Waals surface area contributed by atoms with Crippen molar-refractivity contribution in [2.24, 2.45) is 23.5 Å². The fraction of sp³-hybridized carbons (Fsp3) is 1.00. The Labute approximate surface area is 99.6 Å². The molecule has 0 aromatic carbocycles. The van der Waals surface area contributed by atoms with Gasteiger partial charge >= 0.3 is 0 Å². The zero-order valence-electron chi connectivity index (χ0n) is 9.86. The summed E-state index contributed by atoms with van der Waals surface area (Å²) in [5.74, 6) is 2.52. The summed E-state index contributed by atoms with van der Waals surface area (Å²) in [6, 6.07) is 0.460. The number of hydrogen-bond acceptors (Lipinski definition) is 2. The summed E-state index contributed by atoms with van der Waals surface area (Å²) in [6.45, 7) is 2.32. The van der Waals surface area contributed by atoms with Crippen molar-refractivity contribution in [3.63, 3.8) is 0 Å². The predicted molar refractivity (Wildman–Crippen MR) is 69.2 cm³/mol. The van der Waals surface area contributed by atoms with Gasteiger partial charge in [-0.2, -0.15) is 12.6 Å². The molecule has 2 aliphatic carbocycles. The molecule has 0 amide bonds. The maximum Gasteiger partial charge on any atom is 0.00703 e. The van der Waals surface area contributed by atoms with E-state index >= 15 is 0 Å². The summed E-state index contributed by atoms with van der Waals surface area (Å²) in [5.41, 5.74) is 6.33. The van der Waals surface area contributed by atoms with Crippen LogP contribution in [0, 0.1) is 17.8 Å². The van der Waals surface area contributed by atoms with Gasteiger partial charge in [-0.15, -0.1) is 0 Å². The molecule has 2 heteroatoms. The lowest BCUT2D eigenvalue weighted by molar-refractivity contribution is 0.0900. The summed E-state index contributed by atoms with van der Waals surface area (Å²) < 4.78 is 0. The van der Waals surface area contributed by atoms with Crippen LogP contribution in [-0.4, -0.2) is 11.3 Å². The van der Waals surface area contributed by atoms with Crippen molar-refractivity contribution in [3.8, 4) is 0 Å². The van der Waals surface area contributed by atoms with E-state index in [0.29, 0.717) is 11.3 Å². The third kappa shape index (κ3) is 2.36. The number of thiol groups is 1. The van der Waals surface area contributed by atoms with Crippen LogP contribution in [0.15, 0.2) is 0 Å². The quantitative estimate of drug-likeness (QED) is 0.550. The van der Waals surface area contributed by atoms with Crippen molar-refractivity contribution in [3.05, 3.63) is 0 Å². The van der Waals surface area contributed by atoms with E-state index < -0.39 is 0 Å². The smallest absolute Gasteiger partial charge is 0.00703 e. The van der Waals surface area contributed by atoms with Gasteiger partial charge in [-0.3, -0.25) is 0 Å². The van der Waals surface area contributed by atoms with Crippen LogP contribution in [0.1, 0.15) is 51.9 Å². The molecular formula is C13H25NS. The highest BCUT2D eigenvalue weighted by Gasteiger charge is 2.44. The normalized spacial score (nSPS) is 47.0. The van der Waals surface area contributed by atoms with E-state index in [9.17, 15) is 0 Å². The average molecular weight is 227 g/mol. The molecule has 1 nitrogen and oxygen atoms in total. The van der Waals surface area contributed by atoms with Crippen molar-refractivity contribution < 1.29 is 0 Å². The first-order chi connectivity index (χ1) is 7.24. The molecule has 15 heavy (non-hydrogen) atoms. The maximum atomic E-state index is 6.33. The Morgan fingerprint density at radius 2 is 1.93 bits per heavy atom. The summed E-state index contributed by atoms with van der Waals surface area (Å²) in [4.78, 5) is 0. The number of nitrogens with two attached hydrogens (primary N) is 1. The monoisotopic (exact) mass is 227 g/mol. The standard InChI is InChI=1S/C13H25NS/c1-2-9-8-12(15)13(9)10-6-4-3-5-7-11(10)14/h9-13,15H,2-8,14H2,1H3/t9?,10-,11?,12?,13?/m0/s1. The highest BCUT2D eigenvalue weighted by molar-refractivity contribution is 7.81. The Hall–Kier alpha value is 0.310. The van der Waals surface area contributed by atoms with Crippen LogP contribution in [0.25, 0.3) is 0 Å². The first-order valence-electron chi connectivity index (χ1n) is 6.67. The van der Waals surface area contributed by atoms with Crippen molar-refractivity contribution >= 4 is 12.6 Å². The molecule has 2 N–H and O–H groups in total. The highest BCUT2D eigenvalue weighted by Crippen LogP contribution is 2.48. The molecule has 0 spiro atoms. The Balaban J connectivity index is 2.00. The molecule has 2 aliphatic rings. The third-order valence-corrected chi connectivity index (χ3v) is 5.23. The van der Waals surface area contributed by atoms with Crippen LogP contribution in [0.4, 0.5) is 0 Å². The number of rotatable bonds is 2. The van der Waals surface area contributed by atoms with E-state index in [1.54, 1.807) is 0 Å². The van der Waals surface area contributed by atoms with Gasteiger partial charge in [0.15, 0.2) is 0 Å². The van der Waals surface area contributed by atoms with Gasteiger partial charge in [0.1, 0.15) is 0 Å². The molecule has 0 heterocycles. The molecule has 0 saturated heterocycles. The van der Waals surface area contributed by atoms with E-state index in [1.165, 1.54) is 44.9 Å². The highest BCUT2D eigenvalue weighted by atomic mass is 32.1. The Morgan fingerprint density at radius 3 is 2.60 bits per heavy atom. The molecule has 88 valence electrons. The summed E-state index contributed by atoms with van der Waals surface area (Å²) in [5, 5.41) is 0.643. The van der Waals surface area contributed by atoms with Gasteiger partial charge in [0.25, 0.3) is 0 Å². The second-order valence-corrected chi connectivity index (χ2v) is 6.18. The van der Waals surface area contributed by atoms with Crippen LogP contribution in [0.5, 0.6) is 0 Å². The minimum absolute atomic E-state index is 0.460. The third-order valence-electron chi connectivity index (χ3n) is 4.68. The molecule has 2 fully saturated rings. The van der Waals surface area contributed by atoms with Crippen LogP contribution < -0.4 is 5.73 Å². The second-order valence-electron chi connectivity index (χ2n) is 5.51. The van der Waals surface area contributed by atoms with E-state index in [-0.39, 0.29) is 0 Å². The van der Waals surface area contributed by atoms with Crippen molar-refractivity contribution in [1.82, 2.24) is 0 Å². The summed E-state index contributed by atoms with van der Waals surface area (Å²) in [7, 11) is 0. The van der Waals surface area contributed by atoms with Crippen LogP contribution in [0.3, 0.4) is 0 Å². The Morgan fingerprint density at radius 1 is 1.20 bits per heavy atom. The fourth-order valence-corrected chi connectivity index (χ4v) is 4.39. The average Bonchev–Trinajstić information content (AvgIpc) is 2.41. The molecular weight excluding hydrogens is 202 g/mol. The SMILES string of the molecule is CCC1CC(S)C1[C@H]1CCCCCC1N. The van der Waals surface area contributed by atoms with Gasteiger partial charge in [0.2, 0.25) is 0 Å². The minimum Gasteiger partial charge on any atom is -0.327 e. The molecule has 0 aliphatic heterocycles. The topological polar surface area (TPSA) is 26.0 Å². The van der Waals surface area contributed by atoms with Gasteiger partial charge in [-0.25, -0.2) is 0 Å². The molecule has 2 rings (SSSR count). The van der Waals surface area contributed by atoms with Crippen molar-refractivity contribution in [2.45, 2.75) is 63.2 Å². The first-order valence-corrected chi connectivity index (χ1v) is 7.19. The zero-order valence-corrected chi connectivity index (χ0v) is 10.8. The van der Waals surface area contributed by atoms with Gasteiger partial charge < -0.3 is 5.73 Å². The van der Waals surface area contributed by atoms with E-state index in [0.717, 1.165) is 17.8 Å². The van der Waals surface area contributed by atoms with Crippen molar-refractivity contribution in [1.29, 1.82) is 0 Å². The predicted octanol–water partition coefficient (Wildman–Crippen LogP) is 3.24.